The van der Waals surface area contributed by atoms with Gasteiger partial charge in [0, 0.05) is 6.20 Å². The van der Waals surface area contributed by atoms with E-state index in [2.05, 4.69) is 4.98 Å². The Morgan fingerprint density at radius 2 is 2.20 bits per heavy atom. The number of imidazole rings is 1. The van der Waals surface area contributed by atoms with E-state index in [4.69, 9.17) is 11.6 Å². The Hall–Kier alpha value is -1.73. The van der Waals surface area contributed by atoms with E-state index < -0.39 is 29.8 Å². The molecule has 2 atom stereocenters. The number of hydrogen-bond acceptors (Lipinski definition) is 3. The van der Waals surface area contributed by atoms with Crippen molar-refractivity contribution in [2.45, 2.75) is 12.3 Å². The summed E-state index contributed by atoms with van der Waals surface area (Å²) in [6.45, 7) is -0.442. The van der Waals surface area contributed by atoms with Crippen molar-refractivity contribution < 1.29 is 18.7 Å². The monoisotopic (exact) mass is 301 g/mol. The highest BCUT2D eigenvalue weighted by Crippen LogP contribution is 2.20. The second kappa shape index (κ2) is 4.68. The van der Waals surface area contributed by atoms with E-state index >= 15 is 0 Å². The molecule has 0 aromatic carbocycles. The molecule has 1 aliphatic heterocycles. The van der Waals surface area contributed by atoms with Crippen molar-refractivity contribution in [2.24, 2.45) is 0 Å². The zero-order valence-corrected chi connectivity index (χ0v) is 10.9. The highest BCUT2D eigenvalue weighted by molar-refractivity contribution is 6.30. The van der Waals surface area contributed by atoms with Crippen LogP contribution < -0.4 is 0 Å². The number of aromatic nitrogens is 2. The number of aliphatic hydroxyl groups is 1. The smallest absolute Gasteiger partial charge is 0.277 e. The van der Waals surface area contributed by atoms with E-state index in [1.165, 1.54) is 18.3 Å². The van der Waals surface area contributed by atoms with Gasteiger partial charge in [0.15, 0.2) is 5.69 Å². The predicted molar refractivity (Wildman–Crippen MR) is 67.0 cm³/mol. The first kappa shape index (κ1) is 13.3. The maximum Gasteiger partial charge on any atom is 0.277 e. The summed E-state index contributed by atoms with van der Waals surface area (Å²) < 4.78 is 28.4. The van der Waals surface area contributed by atoms with Crippen molar-refractivity contribution in [1.82, 2.24) is 14.3 Å². The Kier molecular flexibility index (Phi) is 3.10. The first-order chi connectivity index (χ1) is 9.47. The molecule has 0 unspecified atom stereocenters. The summed E-state index contributed by atoms with van der Waals surface area (Å²) >= 11 is 5.75. The van der Waals surface area contributed by atoms with Gasteiger partial charge in [-0.2, -0.15) is 4.39 Å². The lowest BCUT2D eigenvalue weighted by molar-refractivity contribution is 0.0754. The molecule has 1 aliphatic rings. The third kappa shape index (κ3) is 2.03. The highest BCUT2D eigenvalue weighted by Gasteiger charge is 2.36. The van der Waals surface area contributed by atoms with E-state index in [1.54, 1.807) is 0 Å². The third-order valence-corrected chi connectivity index (χ3v) is 3.46. The van der Waals surface area contributed by atoms with Crippen LogP contribution in [0.5, 0.6) is 0 Å². The lowest BCUT2D eigenvalue weighted by Gasteiger charge is -2.12. The molecule has 8 heteroatoms. The minimum Gasteiger partial charge on any atom is -0.388 e. The number of alkyl halides is 1. The van der Waals surface area contributed by atoms with Gasteiger partial charge in [-0.25, -0.2) is 9.37 Å². The first-order valence-corrected chi connectivity index (χ1v) is 6.29. The molecule has 1 saturated heterocycles. The Balaban J connectivity index is 1.98. The van der Waals surface area contributed by atoms with Gasteiger partial charge in [-0.3, -0.25) is 9.20 Å². The Bertz CT molecular complexity index is 681. The highest BCUT2D eigenvalue weighted by atomic mass is 35.5. The number of fused-ring (bicyclic) bond motifs is 1. The van der Waals surface area contributed by atoms with Gasteiger partial charge in [0.05, 0.1) is 18.1 Å². The number of nitrogens with zero attached hydrogens (tertiary/aromatic N) is 3. The van der Waals surface area contributed by atoms with Crippen LogP contribution >= 0.6 is 11.6 Å². The van der Waals surface area contributed by atoms with Crippen LogP contribution in [0, 0.1) is 5.95 Å². The van der Waals surface area contributed by atoms with Crippen LogP contribution in [0.2, 0.25) is 5.02 Å². The first-order valence-electron chi connectivity index (χ1n) is 5.92. The van der Waals surface area contributed by atoms with Gasteiger partial charge in [0.25, 0.3) is 5.91 Å². The summed E-state index contributed by atoms with van der Waals surface area (Å²) in [6, 6.07) is 2.99. The fourth-order valence-electron chi connectivity index (χ4n) is 2.19. The van der Waals surface area contributed by atoms with Gasteiger partial charge in [0.1, 0.15) is 17.9 Å². The van der Waals surface area contributed by atoms with Crippen LogP contribution in [0.4, 0.5) is 8.78 Å². The Morgan fingerprint density at radius 1 is 1.45 bits per heavy atom. The van der Waals surface area contributed by atoms with E-state index in [0.717, 1.165) is 9.30 Å². The van der Waals surface area contributed by atoms with Gasteiger partial charge < -0.3 is 10.0 Å². The predicted octanol–water partition coefficient (Wildman–Crippen LogP) is 1.28. The van der Waals surface area contributed by atoms with E-state index in [-0.39, 0.29) is 18.7 Å². The molecule has 1 fully saturated rings. The van der Waals surface area contributed by atoms with Gasteiger partial charge in [-0.05, 0) is 12.1 Å². The Morgan fingerprint density at radius 3 is 2.85 bits per heavy atom. The summed E-state index contributed by atoms with van der Waals surface area (Å²) in [7, 11) is 0. The van der Waals surface area contributed by atoms with Crippen LogP contribution in [0.15, 0.2) is 18.3 Å². The molecule has 3 rings (SSSR count). The second-order valence-electron chi connectivity index (χ2n) is 4.62. The molecular weight excluding hydrogens is 292 g/mol. The van der Waals surface area contributed by atoms with Crippen LogP contribution in [0.1, 0.15) is 10.5 Å². The number of aliphatic hydroxyl groups excluding tert-OH is 1. The SMILES string of the molecule is O=C(c1nc2ccc(Cl)cn2c1F)N1C[C@@H](O)[C@H](F)C1. The molecule has 3 heterocycles. The fraction of sp³-hybridized carbons (Fsp3) is 0.333. The minimum absolute atomic E-state index is 0.173. The molecule has 2 aromatic heterocycles. The van der Waals surface area contributed by atoms with Crippen LogP contribution in [-0.4, -0.2) is 50.7 Å². The summed E-state index contributed by atoms with van der Waals surface area (Å²) in [5.74, 6) is -1.61. The normalized spacial score (nSPS) is 22.7. The maximum atomic E-state index is 14.1. The number of pyridine rings is 1. The largest absolute Gasteiger partial charge is 0.388 e. The second-order valence-corrected chi connectivity index (χ2v) is 5.06. The van der Waals surface area contributed by atoms with Crippen molar-refractivity contribution in [3.05, 3.63) is 35.0 Å². The van der Waals surface area contributed by atoms with Gasteiger partial charge >= 0.3 is 0 Å². The zero-order chi connectivity index (χ0) is 14.4. The van der Waals surface area contributed by atoms with Crippen molar-refractivity contribution in [3.63, 3.8) is 0 Å². The average Bonchev–Trinajstić information content (AvgIpc) is 2.91. The molecule has 1 N–H and O–H groups in total. The van der Waals surface area contributed by atoms with Crippen LogP contribution in [0.25, 0.3) is 5.65 Å². The van der Waals surface area contributed by atoms with Gasteiger partial charge in [0.2, 0.25) is 5.95 Å². The summed E-state index contributed by atoms with van der Waals surface area (Å²) in [5, 5.41) is 9.60. The fourth-order valence-corrected chi connectivity index (χ4v) is 2.35. The number of carbonyl (C=O) groups excluding carboxylic acids is 1. The molecular formula is C12H10ClF2N3O2. The number of amides is 1. The van der Waals surface area contributed by atoms with Gasteiger partial charge in [-0.1, -0.05) is 11.6 Å². The van der Waals surface area contributed by atoms with Crippen molar-refractivity contribution in [1.29, 1.82) is 0 Å². The van der Waals surface area contributed by atoms with Crippen molar-refractivity contribution in [2.75, 3.05) is 13.1 Å². The molecule has 1 amide bonds. The Labute approximate surface area is 117 Å². The lowest BCUT2D eigenvalue weighted by atomic mass is 10.3. The summed E-state index contributed by atoms with van der Waals surface area (Å²) in [4.78, 5) is 17.0. The van der Waals surface area contributed by atoms with E-state index in [9.17, 15) is 18.7 Å². The molecule has 5 nitrogen and oxygen atoms in total. The number of β-amino-alcohol motifs (C(OH)–C–C–N with tert-alkyl or cyclic N) is 1. The molecule has 20 heavy (non-hydrogen) atoms. The number of carbonyl (C=O) groups is 1. The molecule has 0 spiro atoms. The number of halogens is 3. The lowest BCUT2D eigenvalue weighted by Crippen LogP contribution is -2.30. The zero-order valence-electron chi connectivity index (χ0n) is 10.1. The number of likely N-dealkylation sites (tertiary alicyclic amines) is 1. The topological polar surface area (TPSA) is 57.8 Å². The molecule has 2 aromatic rings. The molecule has 106 valence electrons. The molecule has 0 saturated carbocycles. The third-order valence-electron chi connectivity index (χ3n) is 3.23. The average molecular weight is 302 g/mol. The van der Waals surface area contributed by atoms with Crippen molar-refractivity contribution in [3.8, 4) is 0 Å². The van der Waals surface area contributed by atoms with Crippen LogP contribution in [-0.2, 0) is 0 Å². The molecule has 0 radical (unpaired) electrons. The molecule has 0 aliphatic carbocycles. The number of hydrogen-bond donors (Lipinski definition) is 1. The maximum absolute atomic E-state index is 14.1. The molecule has 0 bridgehead atoms. The van der Waals surface area contributed by atoms with Crippen molar-refractivity contribution >= 4 is 23.2 Å². The van der Waals surface area contributed by atoms with E-state index in [1.807, 2.05) is 0 Å². The number of rotatable bonds is 1. The van der Waals surface area contributed by atoms with Gasteiger partial charge in [-0.15, -0.1) is 0 Å². The standard InChI is InChI=1S/C12H10ClF2N3O2/c13-6-1-2-9-16-10(11(15)18(9)3-6)12(20)17-4-7(14)8(19)5-17/h1-3,7-8,19H,4-5H2/t7-,8-/m1/s1. The van der Waals surface area contributed by atoms with Crippen LogP contribution in [0.3, 0.4) is 0 Å². The minimum atomic E-state index is -1.52. The summed E-state index contributed by atoms with van der Waals surface area (Å²) in [6.07, 6.45) is -1.46. The summed E-state index contributed by atoms with van der Waals surface area (Å²) in [5.41, 5.74) is -0.180. The quantitative estimate of drug-likeness (QED) is 0.863. The van der Waals surface area contributed by atoms with E-state index in [0.29, 0.717) is 5.02 Å².